The Morgan fingerprint density at radius 3 is 3.00 bits per heavy atom. The van der Waals surface area contributed by atoms with E-state index >= 15 is 0 Å². The lowest BCUT2D eigenvalue weighted by Crippen LogP contribution is -2.25. The van der Waals surface area contributed by atoms with Gasteiger partial charge < -0.3 is 19.4 Å². The minimum absolute atomic E-state index is 0.0841. The molecule has 0 spiro atoms. The average Bonchev–Trinajstić information content (AvgIpc) is 3.32. The largest absolute Gasteiger partial charge is 0.469 e. The number of anilines is 1. The maximum Gasteiger partial charge on any atom is 0.263 e. The second-order valence-electron chi connectivity index (χ2n) is 5.69. The molecule has 130 valence electrons. The van der Waals surface area contributed by atoms with E-state index in [1.807, 2.05) is 19.1 Å². The van der Waals surface area contributed by atoms with Crippen LogP contribution in [-0.4, -0.2) is 37.1 Å². The van der Waals surface area contributed by atoms with Gasteiger partial charge in [-0.15, -0.1) is 0 Å². The van der Waals surface area contributed by atoms with Crippen molar-refractivity contribution < 1.29 is 13.9 Å². The number of carbonyl (C=O) groups excluding carboxylic acids is 1. The van der Waals surface area contributed by atoms with E-state index in [0.29, 0.717) is 31.1 Å². The van der Waals surface area contributed by atoms with Crippen molar-refractivity contribution in [3.05, 3.63) is 34.7 Å². The van der Waals surface area contributed by atoms with Crippen LogP contribution in [0.4, 0.5) is 5.13 Å². The lowest BCUT2D eigenvalue weighted by molar-refractivity contribution is 0.0947. The van der Waals surface area contributed by atoms with E-state index in [1.165, 1.54) is 24.2 Å². The molecule has 0 saturated carbocycles. The summed E-state index contributed by atoms with van der Waals surface area (Å²) in [4.78, 5) is 20.1. The highest BCUT2D eigenvalue weighted by molar-refractivity contribution is 7.17. The Labute approximate surface area is 145 Å². The molecule has 24 heavy (non-hydrogen) atoms. The number of furan rings is 1. The van der Waals surface area contributed by atoms with Crippen LogP contribution in [0.25, 0.3) is 0 Å². The minimum atomic E-state index is -0.0841. The molecule has 0 bridgehead atoms. The molecule has 0 atom stereocenters. The van der Waals surface area contributed by atoms with Crippen LogP contribution in [0.2, 0.25) is 0 Å². The van der Waals surface area contributed by atoms with Crippen LogP contribution in [0, 0.1) is 0 Å². The first-order valence-corrected chi connectivity index (χ1v) is 9.22. The fourth-order valence-corrected chi connectivity index (χ4v) is 3.73. The van der Waals surface area contributed by atoms with Crippen LogP contribution < -0.4 is 10.2 Å². The van der Waals surface area contributed by atoms with Gasteiger partial charge in [0.25, 0.3) is 5.91 Å². The lowest BCUT2D eigenvalue weighted by atomic mass is 10.3. The second kappa shape index (κ2) is 8.30. The quantitative estimate of drug-likeness (QED) is 0.794. The van der Waals surface area contributed by atoms with Gasteiger partial charge in [-0.3, -0.25) is 4.79 Å². The zero-order valence-electron chi connectivity index (χ0n) is 13.9. The summed E-state index contributed by atoms with van der Waals surface area (Å²) in [6, 6.07) is 3.76. The Hall–Kier alpha value is -1.86. The number of carbonyl (C=O) groups is 1. The van der Waals surface area contributed by atoms with Crippen molar-refractivity contribution in [2.24, 2.45) is 0 Å². The maximum atomic E-state index is 12.5. The molecule has 0 aliphatic carbocycles. The monoisotopic (exact) mass is 349 g/mol. The standard InChI is InChI=1S/C17H23N3O3S/c1-2-22-12-14-15(24-17(19-14)20-9-3-4-10-20)16(21)18-8-7-13-6-5-11-23-13/h5-6,11H,2-4,7-10,12H2,1H3,(H,18,21). The maximum absolute atomic E-state index is 12.5. The van der Waals surface area contributed by atoms with Gasteiger partial charge in [0.15, 0.2) is 5.13 Å². The predicted octanol–water partition coefficient (Wildman–Crippen LogP) is 2.85. The summed E-state index contributed by atoms with van der Waals surface area (Å²) in [6.45, 7) is 5.49. The molecular weight excluding hydrogens is 326 g/mol. The first-order chi connectivity index (χ1) is 11.8. The van der Waals surface area contributed by atoms with Crippen molar-refractivity contribution in [1.82, 2.24) is 10.3 Å². The molecule has 0 radical (unpaired) electrons. The normalized spacial score (nSPS) is 14.3. The van der Waals surface area contributed by atoms with Gasteiger partial charge in [0.1, 0.15) is 10.6 Å². The third kappa shape index (κ3) is 4.15. The fourth-order valence-electron chi connectivity index (χ4n) is 2.69. The number of amides is 1. The summed E-state index contributed by atoms with van der Waals surface area (Å²) in [5.74, 6) is 0.783. The highest BCUT2D eigenvalue weighted by atomic mass is 32.1. The lowest BCUT2D eigenvalue weighted by Gasteiger charge is -2.12. The van der Waals surface area contributed by atoms with Crippen LogP contribution >= 0.6 is 11.3 Å². The molecule has 0 aromatic carbocycles. The molecule has 1 N–H and O–H groups in total. The SMILES string of the molecule is CCOCc1nc(N2CCCC2)sc1C(=O)NCCc1ccco1. The van der Waals surface area contributed by atoms with E-state index in [1.54, 1.807) is 6.26 Å². The summed E-state index contributed by atoms with van der Waals surface area (Å²) < 4.78 is 10.8. The van der Waals surface area contributed by atoms with Gasteiger partial charge in [-0.05, 0) is 31.9 Å². The van der Waals surface area contributed by atoms with Crippen LogP contribution in [0.1, 0.15) is 40.9 Å². The van der Waals surface area contributed by atoms with Crippen LogP contribution in [0.3, 0.4) is 0 Å². The summed E-state index contributed by atoms with van der Waals surface area (Å²) in [7, 11) is 0. The molecule has 3 heterocycles. The highest BCUT2D eigenvalue weighted by Gasteiger charge is 2.22. The van der Waals surface area contributed by atoms with Gasteiger partial charge >= 0.3 is 0 Å². The predicted molar refractivity (Wildman–Crippen MR) is 93.6 cm³/mol. The van der Waals surface area contributed by atoms with Crippen molar-refractivity contribution >= 4 is 22.4 Å². The molecule has 0 unspecified atom stereocenters. The summed E-state index contributed by atoms with van der Waals surface area (Å²) >= 11 is 1.46. The summed E-state index contributed by atoms with van der Waals surface area (Å²) in [5, 5.41) is 3.88. The van der Waals surface area contributed by atoms with Crippen molar-refractivity contribution in [1.29, 1.82) is 0 Å². The van der Waals surface area contributed by atoms with Gasteiger partial charge in [-0.1, -0.05) is 11.3 Å². The number of aromatic nitrogens is 1. The zero-order chi connectivity index (χ0) is 16.8. The van der Waals surface area contributed by atoms with Crippen LogP contribution in [-0.2, 0) is 17.8 Å². The van der Waals surface area contributed by atoms with E-state index in [2.05, 4.69) is 15.2 Å². The van der Waals surface area contributed by atoms with E-state index in [-0.39, 0.29) is 5.91 Å². The average molecular weight is 349 g/mol. The zero-order valence-corrected chi connectivity index (χ0v) is 14.7. The molecule has 7 heteroatoms. The molecule has 1 aliphatic heterocycles. The molecule has 1 fully saturated rings. The topological polar surface area (TPSA) is 67.6 Å². The Balaban J connectivity index is 1.65. The second-order valence-corrected chi connectivity index (χ2v) is 6.67. The Kier molecular flexibility index (Phi) is 5.87. The molecular formula is C17H23N3O3S. The number of nitrogens with one attached hydrogen (secondary N) is 1. The van der Waals surface area contributed by atoms with Crippen LogP contribution in [0.5, 0.6) is 0 Å². The number of thiazole rings is 1. The number of nitrogens with zero attached hydrogens (tertiary/aromatic N) is 2. The summed E-state index contributed by atoms with van der Waals surface area (Å²) in [6.07, 6.45) is 4.69. The molecule has 1 aliphatic rings. The number of rotatable bonds is 8. The summed E-state index contributed by atoms with van der Waals surface area (Å²) in [5.41, 5.74) is 0.735. The molecule has 6 nitrogen and oxygen atoms in total. The number of ether oxygens (including phenoxy) is 1. The first kappa shape index (κ1) is 17.0. The van der Waals surface area contributed by atoms with E-state index < -0.39 is 0 Å². The number of hydrogen-bond donors (Lipinski definition) is 1. The molecule has 1 amide bonds. The molecule has 2 aromatic rings. The minimum Gasteiger partial charge on any atom is -0.469 e. The Bertz CT molecular complexity index is 648. The van der Waals surface area contributed by atoms with E-state index in [4.69, 9.17) is 9.15 Å². The van der Waals surface area contributed by atoms with E-state index in [9.17, 15) is 4.79 Å². The van der Waals surface area contributed by atoms with Gasteiger partial charge in [0.05, 0.1) is 18.6 Å². The first-order valence-electron chi connectivity index (χ1n) is 8.41. The fraction of sp³-hybridized carbons (Fsp3) is 0.529. The van der Waals surface area contributed by atoms with Crippen molar-refractivity contribution in [3.63, 3.8) is 0 Å². The Morgan fingerprint density at radius 2 is 2.29 bits per heavy atom. The van der Waals surface area contributed by atoms with Crippen LogP contribution in [0.15, 0.2) is 22.8 Å². The van der Waals surface area contributed by atoms with Gasteiger partial charge in [-0.2, -0.15) is 0 Å². The van der Waals surface area contributed by atoms with Crippen molar-refractivity contribution in [2.45, 2.75) is 32.8 Å². The third-order valence-corrected chi connectivity index (χ3v) is 5.11. The number of hydrogen-bond acceptors (Lipinski definition) is 6. The van der Waals surface area contributed by atoms with Gasteiger partial charge in [0.2, 0.25) is 0 Å². The van der Waals surface area contributed by atoms with Gasteiger partial charge in [0, 0.05) is 32.7 Å². The van der Waals surface area contributed by atoms with Crippen molar-refractivity contribution in [3.8, 4) is 0 Å². The third-order valence-electron chi connectivity index (χ3n) is 3.95. The molecule has 1 saturated heterocycles. The smallest absolute Gasteiger partial charge is 0.263 e. The molecule has 3 rings (SSSR count). The van der Waals surface area contributed by atoms with E-state index in [0.717, 1.165) is 29.7 Å². The Morgan fingerprint density at radius 1 is 1.46 bits per heavy atom. The van der Waals surface area contributed by atoms with Crippen molar-refractivity contribution in [2.75, 3.05) is 31.1 Å². The van der Waals surface area contributed by atoms with Gasteiger partial charge in [-0.25, -0.2) is 4.98 Å². The molecule has 2 aromatic heterocycles. The highest BCUT2D eigenvalue weighted by Crippen LogP contribution is 2.29.